The van der Waals surface area contributed by atoms with Crippen LogP contribution in [0.25, 0.3) is 0 Å². The van der Waals surface area contributed by atoms with E-state index in [2.05, 4.69) is 5.32 Å². The zero-order valence-corrected chi connectivity index (χ0v) is 9.35. The SMILES string of the molecule is NCC1(C(=O)Nc2cc(Cl)ccc2F)CC1. The molecule has 1 fully saturated rings. The Morgan fingerprint density at radius 2 is 2.25 bits per heavy atom. The molecule has 1 amide bonds. The number of anilines is 1. The molecule has 2 rings (SSSR count). The first-order valence-corrected chi connectivity index (χ1v) is 5.42. The maximum absolute atomic E-state index is 13.3. The third-order valence-corrected chi connectivity index (χ3v) is 3.14. The molecule has 3 nitrogen and oxygen atoms in total. The molecular formula is C11H12ClFN2O. The van der Waals surface area contributed by atoms with Crippen molar-refractivity contribution in [1.29, 1.82) is 0 Å². The minimum atomic E-state index is -0.495. The van der Waals surface area contributed by atoms with Gasteiger partial charge in [0.1, 0.15) is 5.82 Å². The van der Waals surface area contributed by atoms with Crippen LogP contribution in [0.15, 0.2) is 18.2 Å². The molecule has 1 aromatic carbocycles. The van der Waals surface area contributed by atoms with Gasteiger partial charge in [-0.2, -0.15) is 0 Å². The van der Waals surface area contributed by atoms with Gasteiger partial charge in [-0.05, 0) is 31.0 Å². The molecule has 0 aliphatic heterocycles. The molecule has 0 spiro atoms. The number of halogens is 2. The van der Waals surface area contributed by atoms with Crippen molar-refractivity contribution in [2.75, 3.05) is 11.9 Å². The van der Waals surface area contributed by atoms with Gasteiger partial charge in [0.2, 0.25) is 5.91 Å². The van der Waals surface area contributed by atoms with E-state index in [-0.39, 0.29) is 11.6 Å². The largest absolute Gasteiger partial charge is 0.329 e. The van der Waals surface area contributed by atoms with Gasteiger partial charge in [-0.3, -0.25) is 4.79 Å². The summed E-state index contributed by atoms with van der Waals surface area (Å²) < 4.78 is 13.3. The van der Waals surface area contributed by atoms with Crippen LogP contribution in [0.3, 0.4) is 0 Å². The van der Waals surface area contributed by atoms with Gasteiger partial charge in [0.25, 0.3) is 0 Å². The molecule has 0 radical (unpaired) electrons. The molecule has 1 aliphatic carbocycles. The lowest BCUT2D eigenvalue weighted by molar-refractivity contribution is -0.120. The topological polar surface area (TPSA) is 55.1 Å². The number of nitrogens with one attached hydrogen (secondary N) is 1. The van der Waals surface area contributed by atoms with E-state index in [4.69, 9.17) is 17.3 Å². The fourth-order valence-corrected chi connectivity index (χ4v) is 1.70. The van der Waals surface area contributed by atoms with E-state index < -0.39 is 11.2 Å². The van der Waals surface area contributed by atoms with Crippen LogP contribution < -0.4 is 11.1 Å². The highest BCUT2D eigenvalue weighted by Crippen LogP contribution is 2.45. The fraction of sp³-hybridized carbons (Fsp3) is 0.364. The fourth-order valence-electron chi connectivity index (χ4n) is 1.52. The monoisotopic (exact) mass is 242 g/mol. The van der Waals surface area contributed by atoms with Crippen LogP contribution in [-0.2, 0) is 4.79 Å². The van der Waals surface area contributed by atoms with Gasteiger partial charge >= 0.3 is 0 Å². The molecule has 0 heterocycles. The summed E-state index contributed by atoms with van der Waals surface area (Å²) in [4.78, 5) is 11.8. The first kappa shape index (κ1) is 11.4. The number of amides is 1. The summed E-state index contributed by atoms with van der Waals surface area (Å²) in [5.41, 5.74) is 5.13. The van der Waals surface area contributed by atoms with Crippen molar-refractivity contribution in [3.63, 3.8) is 0 Å². The lowest BCUT2D eigenvalue weighted by Crippen LogP contribution is -2.31. The molecule has 0 bridgehead atoms. The molecule has 86 valence electrons. The Kier molecular flexibility index (Phi) is 2.86. The van der Waals surface area contributed by atoms with Crippen LogP contribution in [0.2, 0.25) is 5.02 Å². The smallest absolute Gasteiger partial charge is 0.231 e. The minimum absolute atomic E-state index is 0.109. The first-order chi connectivity index (χ1) is 7.57. The summed E-state index contributed by atoms with van der Waals surface area (Å²) in [7, 11) is 0. The quantitative estimate of drug-likeness (QED) is 0.853. The second kappa shape index (κ2) is 4.03. The number of hydrogen-bond acceptors (Lipinski definition) is 2. The Morgan fingerprint density at radius 3 is 2.81 bits per heavy atom. The summed E-state index contributed by atoms with van der Waals surface area (Å²) in [6, 6.07) is 4.05. The number of benzene rings is 1. The summed E-state index contributed by atoms with van der Waals surface area (Å²) in [6.07, 6.45) is 1.52. The van der Waals surface area contributed by atoms with Gasteiger partial charge in [-0.1, -0.05) is 11.6 Å². The van der Waals surface area contributed by atoms with Gasteiger partial charge in [0.15, 0.2) is 0 Å². The lowest BCUT2D eigenvalue weighted by atomic mass is 10.1. The summed E-state index contributed by atoms with van der Waals surface area (Å²) in [6.45, 7) is 0.293. The van der Waals surface area contributed by atoms with E-state index in [9.17, 15) is 9.18 Å². The van der Waals surface area contributed by atoms with Gasteiger partial charge in [0.05, 0.1) is 11.1 Å². The molecule has 0 atom stereocenters. The maximum Gasteiger partial charge on any atom is 0.231 e. The van der Waals surface area contributed by atoms with E-state index in [1.54, 1.807) is 0 Å². The maximum atomic E-state index is 13.3. The molecular weight excluding hydrogens is 231 g/mol. The second-order valence-electron chi connectivity index (χ2n) is 4.06. The van der Waals surface area contributed by atoms with Gasteiger partial charge in [-0.15, -0.1) is 0 Å². The summed E-state index contributed by atoms with van der Waals surface area (Å²) in [5.74, 6) is -0.721. The Labute approximate surface area is 97.8 Å². The predicted octanol–water partition coefficient (Wildman–Crippen LogP) is 2.16. The standard InChI is InChI=1S/C11H12ClFN2O/c12-7-1-2-8(13)9(5-7)15-10(16)11(6-14)3-4-11/h1-2,5H,3-4,6,14H2,(H,15,16). The van der Waals surface area contributed by atoms with Crippen LogP contribution in [-0.4, -0.2) is 12.5 Å². The molecule has 5 heteroatoms. The molecule has 1 aromatic rings. The number of carbonyl (C=O) groups is 1. The van der Waals surface area contributed by atoms with Crippen molar-refractivity contribution in [1.82, 2.24) is 0 Å². The number of hydrogen-bond donors (Lipinski definition) is 2. The van der Waals surface area contributed by atoms with E-state index in [1.807, 2.05) is 0 Å². The van der Waals surface area contributed by atoms with Crippen molar-refractivity contribution < 1.29 is 9.18 Å². The molecule has 16 heavy (non-hydrogen) atoms. The molecule has 0 unspecified atom stereocenters. The van der Waals surface area contributed by atoms with Crippen molar-refractivity contribution in [3.05, 3.63) is 29.0 Å². The van der Waals surface area contributed by atoms with Gasteiger partial charge in [0, 0.05) is 11.6 Å². The second-order valence-corrected chi connectivity index (χ2v) is 4.50. The van der Waals surface area contributed by atoms with Crippen molar-refractivity contribution >= 4 is 23.2 Å². The Bertz CT molecular complexity index is 432. The van der Waals surface area contributed by atoms with Gasteiger partial charge < -0.3 is 11.1 Å². The third-order valence-electron chi connectivity index (χ3n) is 2.90. The Balaban J connectivity index is 2.15. The summed E-state index contributed by atoms with van der Waals surface area (Å²) in [5, 5.41) is 2.91. The van der Waals surface area contributed by atoms with Crippen LogP contribution >= 0.6 is 11.6 Å². The number of rotatable bonds is 3. The van der Waals surface area contributed by atoms with E-state index in [0.717, 1.165) is 12.8 Å². The van der Waals surface area contributed by atoms with E-state index in [1.165, 1.54) is 18.2 Å². The summed E-state index contributed by atoms with van der Waals surface area (Å²) >= 11 is 5.72. The van der Waals surface area contributed by atoms with Crippen LogP contribution in [0.5, 0.6) is 0 Å². The van der Waals surface area contributed by atoms with Crippen LogP contribution in [0.1, 0.15) is 12.8 Å². The van der Waals surface area contributed by atoms with Crippen molar-refractivity contribution in [3.8, 4) is 0 Å². The average Bonchev–Trinajstić information content (AvgIpc) is 3.04. The molecule has 3 N–H and O–H groups in total. The Hall–Kier alpha value is -1.13. The zero-order chi connectivity index (χ0) is 11.8. The normalized spacial score (nSPS) is 16.9. The molecule has 1 aliphatic rings. The average molecular weight is 243 g/mol. The zero-order valence-electron chi connectivity index (χ0n) is 8.59. The molecule has 1 saturated carbocycles. The first-order valence-electron chi connectivity index (χ1n) is 5.04. The third kappa shape index (κ3) is 2.03. The van der Waals surface area contributed by atoms with Crippen LogP contribution in [0.4, 0.5) is 10.1 Å². The molecule has 0 saturated heterocycles. The highest BCUT2D eigenvalue weighted by atomic mass is 35.5. The van der Waals surface area contributed by atoms with Crippen LogP contribution in [0, 0.1) is 11.2 Å². The highest BCUT2D eigenvalue weighted by molar-refractivity contribution is 6.30. The Morgan fingerprint density at radius 1 is 1.56 bits per heavy atom. The minimum Gasteiger partial charge on any atom is -0.329 e. The van der Waals surface area contributed by atoms with Gasteiger partial charge in [-0.25, -0.2) is 4.39 Å². The number of carbonyl (C=O) groups excluding carboxylic acids is 1. The van der Waals surface area contributed by atoms with E-state index >= 15 is 0 Å². The van der Waals surface area contributed by atoms with E-state index in [0.29, 0.717) is 11.6 Å². The van der Waals surface area contributed by atoms with Crippen molar-refractivity contribution in [2.24, 2.45) is 11.1 Å². The van der Waals surface area contributed by atoms with Crippen molar-refractivity contribution in [2.45, 2.75) is 12.8 Å². The number of nitrogens with two attached hydrogens (primary N) is 1. The molecule has 0 aromatic heterocycles. The lowest BCUT2D eigenvalue weighted by Gasteiger charge is -2.13. The predicted molar refractivity (Wildman–Crippen MR) is 60.8 cm³/mol. The highest BCUT2D eigenvalue weighted by Gasteiger charge is 2.48.